The van der Waals surface area contributed by atoms with Gasteiger partial charge in [0.05, 0.1) is 51.8 Å². The van der Waals surface area contributed by atoms with Crippen LogP contribution in [-0.2, 0) is 47.4 Å². The fourth-order valence-corrected chi connectivity index (χ4v) is 11.8. The molecule has 0 aromatic carbocycles. The molecule has 440 valence electrons. The molecule has 0 aromatic rings. The lowest BCUT2D eigenvalue weighted by Gasteiger charge is -2.49. The number of rotatable bonds is 32. The molecule has 26 atom stereocenters. The van der Waals surface area contributed by atoms with Gasteiger partial charge in [0.25, 0.3) is 0 Å². The number of hydrogen-bond acceptors (Lipinski definition) is 24. The third kappa shape index (κ3) is 15.7. The van der Waals surface area contributed by atoms with E-state index < -0.39 is 173 Å². The number of fused-ring (bicyclic) bond motifs is 2. The van der Waals surface area contributed by atoms with Gasteiger partial charge in [-0.2, -0.15) is 0 Å². The summed E-state index contributed by atoms with van der Waals surface area (Å²) in [6.45, 7) is 2.84. The summed E-state index contributed by atoms with van der Waals surface area (Å²) in [5.74, 6) is -1.20. The van der Waals surface area contributed by atoms with Crippen molar-refractivity contribution >= 4 is 0 Å². The second-order valence-corrected chi connectivity index (χ2v) is 21.5. The van der Waals surface area contributed by atoms with Gasteiger partial charge in [0.15, 0.2) is 25.2 Å². The van der Waals surface area contributed by atoms with Gasteiger partial charge in [-0.15, -0.1) is 0 Å². The zero-order valence-electron chi connectivity index (χ0n) is 43.6. The van der Waals surface area contributed by atoms with E-state index in [-0.39, 0.29) is 11.8 Å². The maximum atomic E-state index is 11.7. The quantitative estimate of drug-likeness (QED) is 0.0308. The van der Waals surface area contributed by atoms with Crippen LogP contribution in [0.3, 0.4) is 0 Å². The Morgan fingerprint density at radius 3 is 0.960 bits per heavy atom. The largest absolute Gasteiger partial charge is 0.394 e. The number of unbranched alkanes of at least 4 members (excludes halogenated alkanes) is 12. The fraction of sp³-hybridized carbons (Fsp3) is 1.00. The van der Waals surface area contributed by atoms with Crippen LogP contribution < -0.4 is 0 Å². The van der Waals surface area contributed by atoms with Gasteiger partial charge in [0, 0.05) is 13.2 Å². The van der Waals surface area contributed by atoms with Crippen molar-refractivity contribution in [1.82, 2.24) is 0 Å². The summed E-state index contributed by atoms with van der Waals surface area (Å²) in [4.78, 5) is 0. The summed E-state index contributed by atoms with van der Waals surface area (Å²) >= 11 is 0. The van der Waals surface area contributed by atoms with Gasteiger partial charge < -0.3 is 119 Å². The minimum Gasteiger partial charge on any atom is -0.394 e. The van der Waals surface area contributed by atoms with Crippen LogP contribution in [0.4, 0.5) is 0 Å². The molecule has 2 aliphatic carbocycles. The van der Waals surface area contributed by atoms with Crippen LogP contribution >= 0.6 is 0 Å². The summed E-state index contributed by atoms with van der Waals surface area (Å²) in [7, 11) is 0. The first kappa shape index (κ1) is 63.2. The molecular weight excluding hydrogens is 997 g/mol. The lowest BCUT2D eigenvalue weighted by atomic mass is 9.76. The lowest BCUT2D eigenvalue weighted by molar-refractivity contribution is -0.378. The van der Waals surface area contributed by atoms with Crippen molar-refractivity contribution in [2.75, 3.05) is 52.9 Å². The molecule has 75 heavy (non-hydrogen) atoms. The summed E-state index contributed by atoms with van der Waals surface area (Å²) < 4.78 is 60.8. The van der Waals surface area contributed by atoms with Crippen LogP contribution in [0.15, 0.2) is 0 Å². The highest BCUT2D eigenvalue weighted by Crippen LogP contribution is 2.56. The lowest BCUT2D eigenvalue weighted by Crippen LogP contribution is -2.66. The number of hydrogen-bond donors (Lipinski definition) is 14. The first-order valence-corrected chi connectivity index (χ1v) is 27.8. The summed E-state index contributed by atoms with van der Waals surface area (Å²) in [5, 5.41) is 150. The molecule has 0 radical (unpaired) electrons. The Bertz CT molecular complexity index is 1460. The Morgan fingerprint density at radius 1 is 0.333 bits per heavy atom. The average Bonchev–Trinajstić information content (AvgIpc) is 3.94. The van der Waals surface area contributed by atoms with Crippen LogP contribution in [-0.4, -0.2) is 259 Å². The number of aliphatic hydroxyl groups is 14. The fourth-order valence-electron chi connectivity index (χ4n) is 11.8. The number of aliphatic hydroxyl groups excluding tert-OH is 14. The van der Waals surface area contributed by atoms with Gasteiger partial charge in [0.2, 0.25) is 0 Å². The molecule has 24 heteroatoms. The molecule has 0 aromatic heterocycles. The van der Waals surface area contributed by atoms with Gasteiger partial charge >= 0.3 is 0 Å². The highest BCUT2D eigenvalue weighted by Gasteiger charge is 2.63. The molecule has 0 spiro atoms. The second-order valence-electron chi connectivity index (χ2n) is 21.5. The molecule has 4 aliphatic heterocycles. The number of ether oxygens (including phenoxy) is 10. The van der Waals surface area contributed by atoms with Gasteiger partial charge in [0.1, 0.15) is 97.7 Å². The Morgan fingerprint density at radius 2 is 0.627 bits per heavy atom. The maximum absolute atomic E-state index is 11.7. The monoisotopic (exact) mass is 1090 g/mol. The van der Waals surface area contributed by atoms with E-state index >= 15 is 0 Å². The molecular formula is C51H92O24. The Kier molecular flexibility index (Phi) is 26.4. The molecule has 0 amide bonds. The van der Waals surface area contributed by atoms with E-state index in [4.69, 9.17) is 47.4 Å². The average molecular weight is 1090 g/mol. The van der Waals surface area contributed by atoms with Gasteiger partial charge in [-0.25, -0.2) is 0 Å². The van der Waals surface area contributed by atoms with Crippen LogP contribution in [0.2, 0.25) is 0 Å². The molecule has 14 N–H and O–H groups in total. The molecule has 24 nitrogen and oxygen atoms in total. The van der Waals surface area contributed by atoms with Crippen LogP contribution in [0, 0.1) is 23.7 Å². The van der Waals surface area contributed by atoms with Gasteiger partial charge in [-0.05, 0) is 42.9 Å². The van der Waals surface area contributed by atoms with E-state index in [1.54, 1.807) is 0 Å². The van der Waals surface area contributed by atoms with Crippen molar-refractivity contribution in [1.29, 1.82) is 0 Å². The standard InChI is InChI=1S/C51H92O24/c1-3-5-7-9-11-13-15-17-66-24-28-26-19-27(29(28)25-67-18-16-14-12-10-8-6-4-2)45(73-51-43(65)39(61)47(33(23-55)71-51)75-49-41(63)37(59)35(57)31(21-53)69-49)44(26)72-50-42(64)38(60)46(32(22-54)70-50)74-48-40(62)36(58)34(56)30(20-52)68-48/h26-65H,3-25H2,1-2H3/t26-,27?,28-,29?,30?,31?,32?,33?,34+,35+,36-,37-,38+,39+,40?,41?,42?,43?,44+,45?,46+,47+,48+,49+,50-,51-/m0/s1. The normalized spacial score (nSPS) is 44.2. The minimum atomic E-state index is -1.90. The Labute approximate surface area is 439 Å². The molecule has 11 unspecified atom stereocenters. The van der Waals surface area contributed by atoms with E-state index in [1.165, 1.54) is 25.7 Å². The Hall–Kier alpha value is -0.960. The van der Waals surface area contributed by atoms with Crippen LogP contribution in [0.25, 0.3) is 0 Å². The summed E-state index contributed by atoms with van der Waals surface area (Å²) in [6, 6.07) is 0. The highest BCUT2D eigenvalue weighted by molar-refractivity contribution is 5.09. The SMILES string of the molecule is CCCCCCCCCOCC1C2C[C@@H]([C@@H]1COCCCCCCCCC)[C@@H](O[C@@H]1OC(CO)[C@@H](O[C@H]3OC(CO)[C@@H](O)[C@H](O)C3O)[C@H](O)C1O)C2O[C@@H]1OC(CO)[C@@H](O[C@H]2OC(CO)[C@@H](O)[C@H](O)C2O)[C@H](O)C1O. The molecule has 4 saturated heterocycles. The minimum absolute atomic E-state index is 0.204. The van der Waals surface area contributed by atoms with Crippen molar-refractivity contribution in [2.45, 2.75) is 245 Å². The third-order valence-electron chi connectivity index (χ3n) is 16.3. The van der Waals surface area contributed by atoms with Crippen molar-refractivity contribution < 1.29 is 119 Å². The van der Waals surface area contributed by atoms with Gasteiger partial charge in [-0.3, -0.25) is 0 Å². The van der Waals surface area contributed by atoms with E-state index in [9.17, 15) is 71.5 Å². The van der Waals surface area contributed by atoms with Gasteiger partial charge in [-0.1, -0.05) is 90.9 Å². The molecule has 6 fully saturated rings. The first-order valence-electron chi connectivity index (χ1n) is 27.8. The van der Waals surface area contributed by atoms with Crippen molar-refractivity contribution in [3.8, 4) is 0 Å². The highest BCUT2D eigenvalue weighted by atomic mass is 16.8. The first-order chi connectivity index (χ1) is 36.1. The smallest absolute Gasteiger partial charge is 0.187 e. The van der Waals surface area contributed by atoms with Crippen molar-refractivity contribution in [2.24, 2.45) is 23.7 Å². The molecule has 4 heterocycles. The predicted molar refractivity (Wildman–Crippen MR) is 259 cm³/mol. The van der Waals surface area contributed by atoms with E-state index in [2.05, 4.69) is 13.8 Å². The zero-order chi connectivity index (χ0) is 54.3. The van der Waals surface area contributed by atoms with E-state index in [0.29, 0.717) is 32.8 Å². The van der Waals surface area contributed by atoms with Crippen molar-refractivity contribution in [3.63, 3.8) is 0 Å². The summed E-state index contributed by atoms with van der Waals surface area (Å²) in [5.41, 5.74) is 0. The topological polar surface area (TPSA) is 376 Å². The third-order valence-corrected chi connectivity index (χ3v) is 16.3. The van der Waals surface area contributed by atoms with Crippen molar-refractivity contribution in [3.05, 3.63) is 0 Å². The Balaban J connectivity index is 1.22. The second kappa shape index (κ2) is 31.3. The van der Waals surface area contributed by atoms with E-state index in [1.807, 2.05) is 0 Å². The molecule has 6 rings (SSSR count). The van der Waals surface area contributed by atoms with Crippen LogP contribution in [0.1, 0.15) is 110 Å². The predicted octanol–water partition coefficient (Wildman–Crippen LogP) is -2.58. The van der Waals surface area contributed by atoms with Crippen LogP contribution in [0.5, 0.6) is 0 Å². The summed E-state index contributed by atoms with van der Waals surface area (Å²) in [6.07, 6.45) is -20.3. The van der Waals surface area contributed by atoms with E-state index in [0.717, 1.165) is 64.2 Å². The zero-order valence-corrected chi connectivity index (χ0v) is 43.6. The maximum Gasteiger partial charge on any atom is 0.187 e. The molecule has 6 aliphatic rings. The molecule has 2 saturated carbocycles. The molecule has 2 bridgehead atoms.